The Morgan fingerprint density at radius 2 is 1.78 bits per heavy atom. The number of benzene rings is 1. The van der Waals surface area contributed by atoms with Crippen LogP contribution < -0.4 is 5.73 Å². The molecular weight excluding hydrogens is 118 g/mol. The second kappa shape index (κ2) is 2.94. The van der Waals surface area contributed by atoms with E-state index in [2.05, 4.69) is 0 Å². The van der Waals surface area contributed by atoms with Crippen molar-refractivity contribution < 1.29 is 10.6 Å². The predicted molar refractivity (Wildman–Crippen MR) is 33.2 cm³/mol. The number of para-hydroxylation sites is 2. The predicted octanol–water partition coefficient (Wildman–Crippen LogP) is 0.856. The van der Waals surface area contributed by atoms with Crippen LogP contribution in [0.4, 0.5) is 5.69 Å². The van der Waals surface area contributed by atoms with E-state index < -0.39 is 0 Å². The number of anilines is 1. The van der Waals surface area contributed by atoms with Crippen molar-refractivity contribution in [1.82, 2.24) is 0 Å². The van der Waals surface area contributed by atoms with Crippen LogP contribution in [0.25, 0.3) is 0 Å². The van der Waals surface area contributed by atoms with Gasteiger partial charge in [-0.25, -0.2) is 0 Å². The van der Waals surface area contributed by atoms with Gasteiger partial charge in [0.1, 0.15) is 5.75 Å². The molecule has 0 amide bonds. The smallest absolute Gasteiger partial charge is 0.138 e. The number of nitrogens with two attached hydrogens (primary N) is 1. The molecule has 48 valence electrons. The number of phenols is 1. The molecular formula is C6H7NO2. The van der Waals surface area contributed by atoms with Gasteiger partial charge in [-0.1, -0.05) is 12.1 Å². The average Bonchev–Trinajstić information content (AvgIpc) is 1.77. The topological polar surface area (TPSA) is 74.8 Å². The molecule has 0 saturated heterocycles. The number of nitrogen functional groups attached to an aromatic ring is 1. The zero-order valence-electron chi connectivity index (χ0n) is 4.74. The Balaban J connectivity index is 0.000000640. The largest absolute Gasteiger partial charge is 0.506 e. The van der Waals surface area contributed by atoms with E-state index in [9.17, 15) is 0 Å². The molecule has 0 bridgehead atoms. The van der Waals surface area contributed by atoms with E-state index in [4.69, 9.17) is 10.8 Å². The molecule has 1 rings (SSSR count). The molecule has 3 nitrogen and oxygen atoms in total. The van der Waals surface area contributed by atoms with Gasteiger partial charge in [-0.15, -0.1) is 0 Å². The van der Waals surface area contributed by atoms with Crippen LogP contribution in [0.3, 0.4) is 0 Å². The third-order valence-corrected chi connectivity index (χ3v) is 0.937. The van der Waals surface area contributed by atoms with E-state index >= 15 is 0 Å². The molecule has 0 saturated carbocycles. The second-order valence-corrected chi connectivity index (χ2v) is 1.56. The van der Waals surface area contributed by atoms with Crippen LogP contribution in [0.15, 0.2) is 24.3 Å². The third-order valence-electron chi connectivity index (χ3n) is 0.937. The van der Waals surface area contributed by atoms with Crippen molar-refractivity contribution in [3.05, 3.63) is 24.3 Å². The lowest BCUT2D eigenvalue weighted by Gasteiger charge is -1.92. The summed E-state index contributed by atoms with van der Waals surface area (Å²) in [5, 5.41) is 8.79. The molecule has 0 aliphatic carbocycles. The maximum Gasteiger partial charge on any atom is 0.138 e. The molecule has 0 heterocycles. The Labute approximate surface area is 53.0 Å². The monoisotopic (exact) mass is 125 g/mol. The Morgan fingerprint density at radius 3 is 2.11 bits per heavy atom. The van der Waals surface area contributed by atoms with Gasteiger partial charge in [0, 0.05) is 5.48 Å². The van der Waals surface area contributed by atoms with Crippen LogP contribution in [-0.2, 0) is 5.48 Å². The molecule has 3 heteroatoms. The van der Waals surface area contributed by atoms with Gasteiger partial charge in [0.25, 0.3) is 0 Å². The second-order valence-electron chi connectivity index (χ2n) is 1.56. The van der Waals surface area contributed by atoms with E-state index in [0.717, 1.165) is 0 Å². The van der Waals surface area contributed by atoms with Gasteiger partial charge >= 0.3 is 0 Å². The Morgan fingerprint density at radius 1 is 1.22 bits per heavy atom. The standard InChI is InChI=1S/C6H7NO.O/c7-5-3-1-2-4-6(5)8;/h1-4,8H,7H2;. The summed E-state index contributed by atoms with van der Waals surface area (Å²) < 4.78 is 0. The molecule has 1 aromatic rings. The third kappa shape index (κ3) is 1.62. The Bertz CT molecular complexity index is 167. The first kappa shape index (κ1) is 7.78. The first-order chi connectivity index (χ1) is 3.80. The maximum absolute atomic E-state index is 8.79. The molecule has 3 N–H and O–H groups in total. The molecule has 2 radical (unpaired) electrons. The number of rotatable bonds is 0. The van der Waals surface area contributed by atoms with Crippen molar-refractivity contribution in [2.45, 2.75) is 0 Å². The van der Waals surface area contributed by atoms with Crippen LogP contribution in [0, 0.1) is 0 Å². The minimum atomic E-state index is 0. The number of hydrogen-bond acceptors (Lipinski definition) is 2. The van der Waals surface area contributed by atoms with Crippen molar-refractivity contribution in [2.24, 2.45) is 0 Å². The van der Waals surface area contributed by atoms with Crippen molar-refractivity contribution >= 4 is 5.69 Å². The highest BCUT2D eigenvalue weighted by Crippen LogP contribution is 2.16. The van der Waals surface area contributed by atoms with Gasteiger partial charge in [-0.05, 0) is 12.1 Å². The summed E-state index contributed by atoms with van der Waals surface area (Å²) in [4.78, 5) is 0. The fourth-order valence-electron chi connectivity index (χ4n) is 0.488. The average molecular weight is 125 g/mol. The molecule has 0 unspecified atom stereocenters. The minimum absolute atomic E-state index is 0. The van der Waals surface area contributed by atoms with Crippen molar-refractivity contribution in [1.29, 1.82) is 0 Å². The number of hydrogen-bond donors (Lipinski definition) is 2. The summed E-state index contributed by atoms with van der Waals surface area (Å²) in [5.74, 6) is 0.146. The van der Waals surface area contributed by atoms with E-state index in [0.29, 0.717) is 5.69 Å². The van der Waals surface area contributed by atoms with Gasteiger partial charge in [0.05, 0.1) is 5.69 Å². The first-order valence-corrected chi connectivity index (χ1v) is 2.34. The molecule has 0 aliphatic heterocycles. The molecule has 0 spiro atoms. The highest BCUT2D eigenvalue weighted by atomic mass is 16.3. The lowest BCUT2D eigenvalue weighted by atomic mass is 10.3. The van der Waals surface area contributed by atoms with Crippen LogP contribution in [0.2, 0.25) is 0 Å². The van der Waals surface area contributed by atoms with Crippen molar-refractivity contribution in [3.8, 4) is 5.75 Å². The molecule has 0 aromatic heterocycles. The summed E-state index contributed by atoms with van der Waals surface area (Å²) in [6.45, 7) is 0. The molecule has 0 fully saturated rings. The van der Waals surface area contributed by atoms with E-state index in [1.165, 1.54) is 0 Å². The van der Waals surface area contributed by atoms with Crippen molar-refractivity contribution in [2.75, 3.05) is 5.73 Å². The quantitative estimate of drug-likeness (QED) is 0.398. The minimum Gasteiger partial charge on any atom is -0.506 e. The van der Waals surface area contributed by atoms with Crippen LogP contribution in [0.1, 0.15) is 0 Å². The highest BCUT2D eigenvalue weighted by Gasteiger charge is 1.87. The first-order valence-electron chi connectivity index (χ1n) is 2.34. The highest BCUT2D eigenvalue weighted by molar-refractivity contribution is 5.50. The fraction of sp³-hybridized carbons (Fsp3) is 0. The van der Waals surface area contributed by atoms with Gasteiger partial charge in [-0.3, -0.25) is 0 Å². The lowest BCUT2D eigenvalue weighted by Crippen LogP contribution is -1.82. The number of aromatic hydroxyl groups is 1. The fourth-order valence-corrected chi connectivity index (χ4v) is 0.488. The normalized spacial score (nSPS) is 8.00. The van der Waals surface area contributed by atoms with E-state index in [1.54, 1.807) is 24.3 Å². The maximum atomic E-state index is 8.79. The SMILES string of the molecule is Nc1ccccc1O.[O]. The molecule has 0 aliphatic rings. The zero-order chi connectivity index (χ0) is 5.98. The summed E-state index contributed by atoms with van der Waals surface area (Å²) in [7, 11) is 0. The zero-order valence-corrected chi connectivity index (χ0v) is 4.74. The molecule has 9 heavy (non-hydrogen) atoms. The molecule has 1 aromatic carbocycles. The Hall–Kier alpha value is -1.22. The van der Waals surface area contributed by atoms with E-state index in [-0.39, 0.29) is 11.2 Å². The van der Waals surface area contributed by atoms with E-state index in [1.807, 2.05) is 0 Å². The Kier molecular flexibility index (Phi) is 2.54. The summed E-state index contributed by atoms with van der Waals surface area (Å²) in [5.41, 5.74) is 5.69. The van der Waals surface area contributed by atoms with Crippen LogP contribution in [-0.4, -0.2) is 5.11 Å². The lowest BCUT2D eigenvalue weighted by molar-refractivity contribution is 0.478. The van der Waals surface area contributed by atoms with Gasteiger partial charge < -0.3 is 10.8 Å². The summed E-state index contributed by atoms with van der Waals surface area (Å²) in [6.07, 6.45) is 0. The summed E-state index contributed by atoms with van der Waals surface area (Å²) in [6, 6.07) is 6.70. The molecule has 0 atom stereocenters. The number of phenolic OH excluding ortho intramolecular Hbond substituents is 1. The summed E-state index contributed by atoms with van der Waals surface area (Å²) >= 11 is 0. The van der Waals surface area contributed by atoms with Crippen LogP contribution in [0.5, 0.6) is 5.75 Å². The van der Waals surface area contributed by atoms with Crippen LogP contribution >= 0.6 is 0 Å². The van der Waals surface area contributed by atoms with Gasteiger partial charge in [0.2, 0.25) is 0 Å². The van der Waals surface area contributed by atoms with Gasteiger partial charge in [0.15, 0.2) is 0 Å². The van der Waals surface area contributed by atoms with Gasteiger partial charge in [-0.2, -0.15) is 0 Å². The van der Waals surface area contributed by atoms with Crippen molar-refractivity contribution in [3.63, 3.8) is 0 Å².